The number of aromatic nitrogens is 3. The second kappa shape index (κ2) is 4.00. The molecular weight excluding hydrogens is 190 g/mol. The lowest BCUT2D eigenvalue weighted by molar-refractivity contribution is 0.339. The van der Waals surface area contributed by atoms with Crippen molar-refractivity contribution in [1.82, 2.24) is 15.0 Å². The molecule has 0 aliphatic heterocycles. The van der Waals surface area contributed by atoms with E-state index in [4.69, 9.17) is 11.5 Å². The van der Waals surface area contributed by atoms with Crippen LogP contribution in [0.2, 0.25) is 0 Å². The van der Waals surface area contributed by atoms with Crippen LogP contribution in [0.3, 0.4) is 0 Å². The van der Waals surface area contributed by atoms with E-state index in [0.717, 1.165) is 24.6 Å². The third kappa shape index (κ3) is 2.34. The molecule has 1 aromatic rings. The van der Waals surface area contributed by atoms with Gasteiger partial charge < -0.3 is 11.5 Å². The summed E-state index contributed by atoms with van der Waals surface area (Å²) in [4.78, 5) is 12.1. The van der Waals surface area contributed by atoms with Crippen LogP contribution in [0.15, 0.2) is 0 Å². The topological polar surface area (TPSA) is 90.7 Å². The van der Waals surface area contributed by atoms with Crippen molar-refractivity contribution in [3.8, 4) is 0 Å². The van der Waals surface area contributed by atoms with Crippen LogP contribution >= 0.6 is 0 Å². The molecule has 2 rings (SSSR count). The number of hydrogen-bond acceptors (Lipinski definition) is 5. The molecule has 5 heteroatoms. The quantitative estimate of drug-likeness (QED) is 0.725. The molecule has 1 aliphatic rings. The number of nitrogen functional groups attached to an aromatic ring is 2. The normalized spacial score (nSPS) is 26.5. The molecule has 15 heavy (non-hydrogen) atoms. The number of nitrogens with zero attached hydrogens (tertiary/aromatic N) is 3. The van der Waals surface area contributed by atoms with Crippen LogP contribution in [-0.4, -0.2) is 15.0 Å². The van der Waals surface area contributed by atoms with Gasteiger partial charge in [-0.05, 0) is 18.8 Å². The Labute approximate surface area is 89.3 Å². The molecule has 1 saturated carbocycles. The fraction of sp³-hybridized carbons (Fsp3) is 0.700. The maximum Gasteiger partial charge on any atom is 0.225 e. The van der Waals surface area contributed by atoms with Crippen LogP contribution in [0.4, 0.5) is 11.9 Å². The highest BCUT2D eigenvalue weighted by Crippen LogP contribution is 2.33. The van der Waals surface area contributed by atoms with Crippen molar-refractivity contribution in [3.63, 3.8) is 0 Å². The Morgan fingerprint density at radius 2 is 1.47 bits per heavy atom. The fourth-order valence-corrected chi connectivity index (χ4v) is 2.13. The SMILES string of the molecule is CC1CCC(c2nc(N)nc(N)n2)CC1. The Bertz CT molecular complexity index is 323. The van der Waals surface area contributed by atoms with Crippen LogP contribution in [0.5, 0.6) is 0 Å². The van der Waals surface area contributed by atoms with E-state index in [1.807, 2.05) is 0 Å². The second-order valence-corrected chi connectivity index (χ2v) is 4.37. The summed E-state index contributed by atoms with van der Waals surface area (Å²) in [6, 6.07) is 0. The van der Waals surface area contributed by atoms with Crippen LogP contribution < -0.4 is 11.5 Å². The van der Waals surface area contributed by atoms with Crippen molar-refractivity contribution >= 4 is 11.9 Å². The van der Waals surface area contributed by atoms with Gasteiger partial charge in [0, 0.05) is 5.92 Å². The maximum absolute atomic E-state index is 5.55. The molecule has 0 aromatic carbocycles. The van der Waals surface area contributed by atoms with Gasteiger partial charge in [0.2, 0.25) is 11.9 Å². The molecule has 1 aliphatic carbocycles. The third-order valence-corrected chi connectivity index (χ3v) is 3.07. The summed E-state index contributed by atoms with van der Waals surface area (Å²) in [6.07, 6.45) is 4.72. The second-order valence-electron chi connectivity index (χ2n) is 4.37. The van der Waals surface area contributed by atoms with Gasteiger partial charge in [-0.25, -0.2) is 0 Å². The van der Waals surface area contributed by atoms with Gasteiger partial charge in [-0.2, -0.15) is 15.0 Å². The summed E-state index contributed by atoms with van der Waals surface area (Å²) < 4.78 is 0. The summed E-state index contributed by atoms with van der Waals surface area (Å²) in [6.45, 7) is 2.28. The minimum Gasteiger partial charge on any atom is -0.368 e. The van der Waals surface area contributed by atoms with Gasteiger partial charge in [0.05, 0.1) is 0 Å². The van der Waals surface area contributed by atoms with Crippen LogP contribution in [0.1, 0.15) is 44.3 Å². The van der Waals surface area contributed by atoms with Gasteiger partial charge in [-0.1, -0.05) is 19.8 Å². The lowest BCUT2D eigenvalue weighted by atomic mass is 9.82. The Hall–Kier alpha value is -1.39. The molecule has 0 radical (unpaired) electrons. The minimum atomic E-state index is 0.233. The monoisotopic (exact) mass is 207 g/mol. The highest BCUT2D eigenvalue weighted by Gasteiger charge is 2.22. The molecule has 0 atom stereocenters. The van der Waals surface area contributed by atoms with Crippen molar-refractivity contribution in [2.45, 2.75) is 38.5 Å². The van der Waals surface area contributed by atoms with E-state index in [1.165, 1.54) is 12.8 Å². The molecular formula is C10H17N5. The molecule has 4 N–H and O–H groups in total. The standard InChI is InChI=1S/C10H17N5/c1-6-2-4-7(5-3-6)8-13-9(11)15-10(12)14-8/h6-7H,2-5H2,1H3,(H4,11,12,13,14,15). The smallest absolute Gasteiger partial charge is 0.225 e. The summed E-state index contributed by atoms with van der Waals surface area (Å²) >= 11 is 0. The molecule has 0 saturated heterocycles. The minimum absolute atomic E-state index is 0.233. The number of nitrogens with two attached hydrogens (primary N) is 2. The van der Waals surface area contributed by atoms with Gasteiger partial charge in [0.15, 0.2) is 0 Å². The molecule has 1 heterocycles. The molecule has 0 spiro atoms. The molecule has 1 fully saturated rings. The molecule has 82 valence electrons. The molecule has 0 bridgehead atoms. The number of rotatable bonds is 1. The molecule has 0 amide bonds. The molecule has 5 nitrogen and oxygen atoms in total. The number of anilines is 2. The van der Waals surface area contributed by atoms with E-state index >= 15 is 0 Å². The van der Waals surface area contributed by atoms with Gasteiger partial charge in [-0.15, -0.1) is 0 Å². The first kappa shape index (κ1) is 10.1. The first-order valence-electron chi connectivity index (χ1n) is 5.42. The highest BCUT2D eigenvalue weighted by atomic mass is 15.1. The van der Waals surface area contributed by atoms with E-state index in [1.54, 1.807) is 0 Å². The highest BCUT2D eigenvalue weighted by molar-refractivity contribution is 5.26. The molecule has 1 aromatic heterocycles. The van der Waals surface area contributed by atoms with Crippen molar-refractivity contribution in [1.29, 1.82) is 0 Å². The zero-order valence-electron chi connectivity index (χ0n) is 8.98. The lowest BCUT2D eigenvalue weighted by Gasteiger charge is -2.24. The average Bonchev–Trinajstić information content (AvgIpc) is 2.17. The zero-order valence-corrected chi connectivity index (χ0v) is 8.98. The van der Waals surface area contributed by atoms with E-state index in [2.05, 4.69) is 21.9 Å². The summed E-state index contributed by atoms with van der Waals surface area (Å²) in [7, 11) is 0. The van der Waals surface area contributed by atoms with E-state index < -0.39 is 0 Å². The van der Waals surface area contributed by atoms with Crippen LogP contribution in [0, 0.1) is 5.92 Å². The predicted octanol–water partition coefficient (Wildman–Crippen LogP) is 1.33. The Morgan fingerprint density at radius 1 is 0.933 bits per heavy atom. The summed E-state index contributed by atoms with van der Waals surface area (Å²) in [5, 5.41) is 0. The third-order valence-electron chi connectivity index (χ3n) is 3.07. The summed E-state index contributed by atoms with van der Waals surface area (Å²) in [5.74, 6) is 2.46. The average molecular weight is 207 g/mol. The zero-order chi connectivity index (χ0) is 10.8. The Balaban J connectivity index is 2.15. The van der Waals surface area contributed by atoms with Crippen molar-refractivity contribution in [2.75, 3.05) is 11.5 Å². The van der Waals surface area contributed by atoms with Crippen LogP contribution in [-0.2, 0) is 0 Å². The fourth-order valence-electron chi connectivity index (χ4n) is 2.13. The Morgan fingerprint density at radius 3 is 2.00 bits per heavy atom. The van der Waals surface area contributed by atoms with Gasteiger partial charge in [0.25, 0.3) is 0 Å². The Kier molecular flexibility index (Phi) is 2.70. The van der Waals surface area contributed by atoms with Gasteiger partial charge in [0.1, 0.15) is 5.82 Å². The van der Waals surface area contributed by atoms with Gasteiger partial charge >= 0.3 is 0 Å². The summed E-state index contributed by atoms with van der Waals surface area (Å²) in [5.41, 5.74) is 11.1. The predicted molar refractivity (Wildman–Crippen MR) is 59.0 cm³/mol. The first-order chi connectivity index (χ1) is 7.15. The largest absolute Gasteiger partial charge is 0.368 e. The van der Waals surface area contributed by atoms with Gasteiger partial charge in [-0.3, -0.25) is 0 Å². The van der Waals surface area contributed by atoms with Crippen molar-refractivity contribution in [3.05, 3.63) is 5.82 Å². The maximum atomic E-state index is 5.55. The number of hydrogen-bond donors (Lipinski definition) is 2. The van der Waals surface area contributed by atoms with E-state index in [-0.39, 0.29) is 11.9 Å². The van der Waals surface area contributed by atoms with E-state index in [0.29, 0.717) is 5.92 Å². The molecule has 0 unspecified atom stereocenters. The van der Waals surface area contributed by atoms with Crippen molar-refractivity contribution < 1.29 is 0 Å². The lowest BCUT2D eigenvalue weighted by Crippen LogP contribution is -2.15. The van der Waals surface area contributed by atoms with Crippen LogP contribution in [0.25, 0.3) is 0 Å². The first-order valence-corrected chi connectivity index (χ1v) is 5.42. The van der Waals surface area contributed by atoms with E-state index in [9.17, 15) is 0 Å². The van der Waals surface area contributed by atoms with Crippen molar-refractivity contribution in [2.24, 2.45) is 5.92 Å².